The Kier molecular flexibility index (Phi) is 2.09. The third-order valence-corrected chi connectivity index (χ3v) is 1.50. The molecule has 1 rings (SSSR count). The van der Waals surface area contributed by atoms with Crippen molar-refractivity contribution in [2.75, 3.05) is 6.61 Å². The van der Waals surface area contributed by atoms with Crippen LogP contribution in [-0.2, 0) is 14.3 Å². The maximum Gasteiger partial charge on any atom is 0.330 e. The van der Waals surface area contributed by atoms with Crippen LogP contribution in [0, 0.1) is 0 Å². The Morgan fingerprint density at radius 3 is 2.82 bits per heavy atom. The van der Waals surface area contributed by atoms with E-state index in [-0.39, 0.29) is 5.91 Å². The van der Waals surface area contributed by atoms with E-state index in [1.54, 1.807) is 6.92 Å². The highest BCUT2D eigenvalue weighted by Gasteiger charge is 2.42. The molecular formula is C6H10N2O3. The van der Waals surface area contributed by atoms with E-state index < -0.39 is 18.1 Å². The zero-order valence-corrected chi connectivity index (χ0v) is 6.16. The fourth-order valence-corrected chi connectivity index (χ4v) is 0.832. The van der Waals surface area contributed by atoms with E-state index >= 15 is 0 Å². The maximum atomic E-state index is 10.9. The molecule has 2 unspecified atom stereocenters. The minimum absolute atomic E-state index is 0.303. The molecule has 0 aromatic heterocycles. The van der Waals surface area contributed by atoms with Gasteiger partial charge in [0.25, 0.3) is 0 Å². The Bertz CT molecular complexity index is 192. The van der Waals surface area contributed by atoms with Gasteiger partial charge in [0.15, 0.2) is 6.04 Å². The number of ether oxygens (including phenoxy) is 1. The summed E-state index contributed by atoms with van der Waals surface area (Å²) in [7, 11) is 0. The molecule has 1 aliphatic heterocycles. The first kappa shape index (κ1) is 8.00. The smallest absolute Gasteiger partial charge is 0.330 e. The standard InChI is InChI=1S/C6H10N2O3/c1-2-11-6(10)4-3(7)5(9)8-4/h3-4H,2,7H2,1H3,(H,8,9). The van der Waals surface area contributed by atoms with Gasteiger partial charge in [-0.2, -0.15) is 0 Å². The van der Waals surface area contributed by atoms with E-state index in [2.05, 4.69) is 10.1 Å². The van der Waals surface area contributed by atoms with Crippen LogP contribution in [0.1, 0.15) is 6.92 Å². The van der Waals surface area contributed by atoms with Gasteiger partial charge >= 0.3 is 5.97 Å². The van der Waals surface area contributed by atoms with Crippen LogP contribution in [-0.4, -0.2) is 30.6 Å². The zero-order chi connectivity index (χ0) is 8.43. The van der Waals surface area contributed by atoms with Gasteiger partial charge in [0.2, 0.25) is 5.91 Å². The summed E-state index contributed by atoms with van der Waals surface area (Å²) < 4.78 is 4.63. The van der Waals surface area contributed by atoms with E-state index in [1.807, 2.05) is 0 Å². The number of nitrogens with one attached hydrogen (secondary N) is 1. The number of rotatable bonds is 2. The number of nitrogens with two attached hydrogens (primary N) is 1. The van der Waals surface area contributed by atoms with Crippen LogP contribution in [0.3, 0.4) is 0 Å². The van der Waals surface area contributed by atoms with Gasteiger partial charge in [-0.1, -0.05) is 0 Å². The van der Waals surface area contributed by atoms with Crippen LogP contribution in [0.4, 0.5) is 0 Å². The summed E-state index contributed by atoms with van der Waals surface area (Å²) in [5.74, 6) is -0.761. The number of esters is 1. The molecule has 0 spiro atoms. The van der Waals surface area contributed by atoms with Crippen molar-refractivity contribution in [1.82, 2.24) is 5.32 Å². The van der Waals surface area contributed by atoms with Gasteiger partial charge in [-0.05, 0) is 6.92 Å². The third kappa shape index (κ3) is 1.32. The Balaban J connectivity index is 2.39. The van der Waals surface area contributed by atoms with Gasteiger partial charge in [0.1, 0.15) is 6.04 Å². The molecule has 0 aromatic carbocycles. The van der Waals surface area contributed by atoms with Crippen molar-refractivity contribution in [2.24, 2.45) is 5.73 Å². The van der Waals surface area contributed by atoms with Crippen molar-refractivity contribution >= 4 is 11.9 Å². The molecule has 1 saturated heterocycles. The molecule has 1 fully saturated rings. The fraction of sp³-hybridized carbons (Fsp3) is 0.667. The lowest BCUT2D eigenvalue weighted by atomic mass is 10.0. The van der Waals surface area contributed by atoms with Crippen molar-refractivity contribution in [1.29, 1.82) is 0 Å². The lowest BCUT2D eigenvalue weighted by Gasteiger charge is -2.31. The molecule has 0 saturated carbocycles. The van der Waals surface area contributed by atoms with Gasteiger partial charge in [-0.25, -0.2) is 4.79 Å². The molecule has 1 aliphatic rings. The van der Waals surface area contributed by atoms with E-state index in [0.29, 0.717) is 6.61 Å². The Morgan fingerprint density at radius 2 is 2.45 bits per heavy atom. The molecule has 0 aliphatic carbocycles. The van der Waals surface area contributed by atoms with Crippen molar-refractivity contribution in [2.45, 2.75) is 19.0 Å². The molecule has 2 atom stereocenters. The van der Waals surface area contributed by atoms with E-state index in [0.717, 1.165) is 0 Å². The number of amides is 1. The first-order valence-electron chi connectivity index (χ1n) is 3.39. The Labute approximate surface area is 63.9 Å². The van der Waals surface area contributed by atoms with Gasteiger partial charge in [0, 0.05) is 0 Å². The number of carbonyl (C=O) groups excluding carboxylic acids is 2. The lowest BCUT2D eigenvalue weighted by Crippen LogP contribution is -2.70. The average Bonchev–Trinajstić information content (AvgIpc) is 1.99. The Hall–Kier alpha value is -1.10. The molecular weight excluding hydrogens is 148 g/mol. The van der Waals surface area contributed by atoms with Crippen molar-refractivity contribution < 1.29 is 14.3 Å². The highest BCUT2D eigenvalue weighted by atomic mass is 16.5. The van der Waals surface area contributed by atoms with Crippen LogP contribution in [0.2, 0.25) is 0 Å². The normalized spacial score (nSPS) is 28.7. The zero-order valence-electron chi connectivity index (χ0n) is 6.16. The molecule has 5 nitrogen and oxygen atoms in total. The first-order chi connectivity index (χ1) is 5.16. The summed E-state index contributed by atoms with van der Waals surface area (Å²) in [6.07, 6.45) is 0. The van der Waals surface area contributed by atoms with Gasteiger partial charge in [-0.15, -0.1) is 0 Å². The maximum absolute atomic E-state index is 10.9. The minimum Gasteiger partial charge on any atom is -0.464 e. The largest absolute Gasteiger partial charge is 0.464 e. The van der Waals surface area contributed by atoms with Crippen LogP contribution >= 0.6 is 0 Å². The molecule has 0 aromatic rings. The van der Waals surface area contributed by atoms with Gasteiger partial charge in [-0.3, -0.25) is 4.79 Å². The molecule has 1 heterocycles. The van der Waals surface area contributed by atoms with Crippen LogP contribution < -0.4 is 11.1 Å². The average molecular weight is 158 g/mol. The third-order valence-electron chi connectivity index (χ3n) is 1.50. The van der Waals surface area contributed by atoms with Crippen molar-refractivity contribution in [3.63, 3.8) is 0 Å². The highest BCUT2D eigenvalue weighted by molar-refractivity contribution is 5.99. The molecule has 0 radical (unpaired) electrons. The molecule has 11 heavy (non-hydrogen) atoms. The van der Waals surface area contributed by atoms with E-state index in [1.165, 1.54) is 0 Å². The monoisotopic (exact) mass is 158 g/mol. The second-order valence-corrected chi connectivity index (χ2v) is 2.26. The number of carbonyl (C=O) groups is 2. The molecule has 5 heteroatoms. The first-order valence-corrected chi connectivity index (χ1v) is 3.39. The second kappa shape index (κ2) is 2.87. The van der Waals surface area contributed by atoms with Crippen molar-refractivity contribution in [3.05, 3.63) is 0 Å². The van der Waals surface area contributed by atoms with Crippen molar-refractivity contribution in [3.8, 4) is 0 Å². The number of hydrogen-bond acceptors (Lipinski definition) is 4. The fourth-order valence-electron chi connectivity index (χ4n) is 0.832. The minimum atomic E-state index is -0.728. The summed E-state index contributed by atoms with van der Waals surface area (Å²) in [4.78, 5) is 21.4. The number of hydrogen-bond donors (Lipinski definition) is 2. The summed E-state index contributed by atoms with van der Waals surface area (Å²) >= 11 is 0. The van der Waals surface area contributed by atoms with Gasteiger partial charge < -0.3 is 15.8 Å². The summed E-state index contributed by atoms with van der Waals surface area (Å²) in [5, 5.41) is 2.34. The predicted octanol–water partition coefficient (Wildman–Crippen LogP) is -1.62. The summed E-state index contributed by atoms with van der Waals surface area (Å²) in [6, 6.07) is -1.36. The van der Waals surface area contributed by atoms with Gasteiger partial charge in [0.05, 0.1) is 6.61 Å². The SMILES string of the molecule is CCOC(=O)C1NC(=O)C1N. The second-order valence-electron chi connectivity index (χ2n) is 2.26. The van der Waals surface area contributed by atoms with Crippen LogP contribution in [0.25, 0.3) is 0 Å². The predicted molar refractivity (Wildman–Crippen MR) is 36.5 cm³/mol. The van der Waals surface area contributed by atoms with Crippen LogP contribution in [0.5, 0.6) is 0 Å². The molecule has 62 valence electrons. The Morgan fingerprint density at radius 1 is 1.82 bits per heavy atom. The molecule has 1 amide bonds. The quantitative estimate of drug-likeness (QED) is 0.373. The van der Waals surface area contributed by atoms with E-state index in [9.17, 15) is 9.59 Å². The lowest BCUT2D eigenvalue weighted by molar-refractivity contribution is -0.154. The topological polar surface area (TPSA) is 81.4 Å². The highest BCUT2D eigenvalue weighted by Crippen LogP contribution is 2.04. The molecule has 0 bridgehead atoms. The van der Waals surface area contributed by atoms with E-state index in [4.69, 9.17) is 5.73 Å². The molecule has 3 N–H and O–H groups in total. The number of β-lactam (4-membered cyclic amide) rings is 1. The van der Waals surface area contributed by atoms with Crippen LogP contribution in [0.15, 0.2) is 0 Å². The summed E-state index contributed by atoms with van der Waals surface area (Å²) in [5.41, 5.74) is 5.28. The summed E-state index contributed by atoms with van der Waals surface area (Å²) in [6.45, 7) is 2.00.